The highest BCUT2D eigenvalue weighted by molar-refractivity contribution is 6.32. The first kappa shape index (κ1) is 16.6. The Labute approximate surface area is 132 Å². The van der Waals surface area contributed by atoms with E-state index in [9.17, 15) is 0 Å². The van der Waals surface area contributed by atoms with E-state index in [1.54, 1.807) is 0 Å². The molecule has 0 radical (unpaired) electrons. The monoisotopic (exact) mass is 312 g/mol. The van der Waals surface area contributed by atoms with E-state index >= 15 is 0 Å². The summed E-state index contributed by atoms with van der Waals surface area (Å²) in [4.78, 5) is 2.40. The predicted octanol–water partition coefficient (Wildman–Crippen LogP) is 2.85. The number of hydrogen-bond acceptors (Lipinski definition) is 4. The molecule has 1 fully saturated rings. The van der Waals surface area contributed by atoms with Gasteiger partial charge in [0.25, 0.3) is 0 Å². The summed E-state index contributed by atoms with van der Waals surface area (Å²) in [6.45, 7) is 9.48. The zero-order valence-corrected chi connectivity index (χ0v) is 13.8. The molecule has 2 N–H and O–H groups in total. The van der Waals surface area contributed by atoms with Gasteiger partial charge in [0.05, 0.1) is 11.6 Å². The molecule has 0 aromatic heterocycles. The second kappa shape index (κ2) is 7.45. The number of rotatable bonds is 5. The van der Waals surface area contributed by atoms with Crippen molar-refractivity contribution in [3.05, 3.63) is 28.8 Å². The molecule has 0 saturated carbocycles. The first-order valence-corrected chi connectivity index (χ1v) is 7.88. The minimum atomic E-state index is -0.0298. The van der Waals surface area contributed by atoms with E-state index in [4.69, 9.17) is 26.8 Å². The van der Waals surface area contributed by atoms with Crippen molar-refractivity contribution in [1.82, 2.24) is 4.90 Å². The fourth-order valence-electron chi connectivity index (χ4n) is 2.41. The molecule has 2 rings (SSSR count). The molecule has 5 heteroatoms. The molecule has 1 heterocycles. The smallest absolute Gasteiger partial charge is 0.138 e. The van der Waals surface area contributed by atoms with E-state index < -0.39 is 0 Å². The molecule has 0 spiro atoms. The van der Waals surface area contributed by atoms with Crippen molar-refractivity contribution in [3.8, 4) is 5.75 Å². The van der Waals surface area contributed by atoms with Crippen molar-refractivity contribution in [1.29, 1.82) is 0 Å². The van der Waals surface area contributed by atoms with Crippen LogP contribution in [-0.4, -0.2) is 43.3 Å². The largest absolute Gasteiger partial charge is 0.489 e. The van der Waals surface area contributed by atoms with Gasteiger partial charge in [-0.2, -0.15) is 0 Å². The fraction of sp³-hybridized carbons (Fsp3) is 0.625. The molecule has 21 heavy (non-hydrogen) atoms. The highest BCUT2D eigenvalue weighted by atomic mass is 35.5. The highest BCUT2D eigenvalue weighted by Gasteiger charge is 2.23. The molecule has 1 unspecified atom stereocenters. The van der Waals surface area contributed by atoms with Crippen molar-refractivity contribution >= 4 is 11.6 Å². The van der Waals surface area contributed by atoms with Crippen LogP contribution in [0, 0.1) is 0 Å². The van der Waals surface area contributed by atoms with Gasteiger partial charge in [-0.1, -0.05) is 17.7 Å². The van der Waals surface area contributed by atoms with Gasteiger partial charge in [-0.05, 0) is 38.5 Å². The third-order valence-corrected chi connectivity index (χ3v) is 4.10. The topological polar surface area (TPSA) is 47.7 Å². The lowest BCUT2D eigenvalue weighted by Gasteiger charge is -2.35. The summed E-state index contributed by atoms with van der Waals surface area (Å²) in [5, 5.41) is 0.598. The third kappa shape index (κ3) is 4.58. The first-order chi connectivity index (χ1) is 9.97. The molecular weight excluding hydrogens is 288 g/mol. The zero-order valence-electron chi connectivity index (χ0n) is 13.0. The number of benzene rings is 1. The predicted molar refractivity (Wildman–Crippen MR) is 86.0 cm³/mol. The van der Waals surface area contributed by atoms with E-state index in [1.807, 2.05) is 25.1 Å². The Hall–Kier alpha value is -0.810. The maximum atomic E-state index is 6.24. The van der Waals surface area contributed by atoms with Crippen LogP contribution >= 0.6 is 11.6 Å². The second-order valence-corrected chi connectivity index (χ2v) is 6.28. The normalized spacial score (nSPS) is 21.5. The van der Waals surface area contributed by atoms with E-state index in [2.05, 4.69) is 18.7 Å². The second-order valence-electron chi connectivity index (χ2n) is 5.87. The van der Waals surface area contributed by atoms with E-state index in [0.29, 0.717) is 23.4 Å². The number of nitrogens with zero attached hydrogens (tertiary/aromatic N) is 1. The average molecular weight is 313 g/mol. The molecule has 118 valence electrons. The van der Waals surface area contributed by atoms with Crippen molar-refractivity contribution in [2.75, 3.05) is 26.3 Å². The Balaban J connectivity index is 1.91. The lowest BCUT2D eigenvalue weighted by Crippen LogP contribution is -2.47. The Morgan fingerprint density at radius 1 is 1.43 bits per heavy atom. The lowest BCUT2D eigenvalue weighted by molar-refractivity contribution is -0.0564. The maximum Gasteiger partial charge on any atom is 0.138 e. The van der Waals surface area contributed by atoms with Gasteiger partial charge in [-0.3, -0.25) is 4.90 Å². The lowest BCUT2D eigenvalue weighted by atomic mass is 10.1. The van der Waals surface area contributed by atoms with Crippen LogP contribution in [0.2, 0.25) is 5.02 Å². The summed E-state index contributed by atoms with van der Waals surface area (Å²) in [5.74, 6) is 0.686. The minimum Gasteiger partial charge on any atom is -0.489 e. The van der Waals surface area contributed by atoms with Gasteiger partial charge in [0.2, 0.25) is 0 Å². The minimum absolute atomic E-state index is 0.0298. The number of ether oxygens (including phenoxy) is 2. The van der Waals surface area contributed by atoms with Gasteiger partial charge in [-0.25, -0.2) is 0 Å². The Morgan fingerprint density at radius 3 is 2.81 bits per heavy atom. The molecule has 0 aliphatic carbocycles. The van der Waals surface area contributed by atoms with Crippen molar-refractivity contribution in [2.24, 2.45) is 5.73 Å². The summed E-state index contributed by atoms with van der Waals surface area (Å²) in [7, 11) is 0. The summed E-state index contributed by atoms with van der Waals surface area (Å²) < 4.78 is 11.6. The molecule has 1 aliphatic rings. The van der Waals surface area contributed by atoms with Crippen LogP contribution in [0.4, 0.5) is 0 Å². The Bertz CT molecular complexity index is 466. The van der Waals surface area contributed by atoms with Gasteiger partial charge >= 0.3 is 0 Å². The molecular formula is C16H25ClN2O2. The van der Waals surface area contributed by atoms with Gasteiger partial charge in [-0.15, -0.1) is 0 Å². The van der Waals surface area contributed by atoms with Gasteiger partial charge in [0, 0.05) is 25.2 Å². The van der Waals surface area contributed by atoms with Crippen LogP contribution in [0.15, 0.2) is 18.2 Å². The Kier molecular flexibility index (Phi) is 5.88. The number of halogens is 1. The molecule has 1 saturated heterocycles. The molecule has 1 aromatic rings. The molecule has 4 nitrogen and oxygen atoms in total. The van der Waals surface area contributed by atoms with Crippen molar-refractivity contribution in [3.63, 3.8) is 0 Å². The number of morpholine rings is 1. The molecule has 1 aromatic carbocycles. The standard InChI is InChI=1S/C16H25ClN2O2/c1-11(2)19-6-7-20-14(9-19)10-21-16-5-4-13(12(3)18)8-15(16)17/h4-5,8,11-12,14H,6-7,9-10,18H2,1-3H3/t12-,14?/m1/s1. The van der Waals surface area contributed by atoms with Crippen LogP contribution in [0.25, 0.3) is 0 Å². The molecule has 2 atom stereocenters. The van der Waals surface area contributed by atoms with Crippen molar-refractivity contribution < 1.29 is 9.47 Å². The SMILES string of the molecule is CC(C)N1CCOC(COc2ccc([C@@H](C)N)cc2Cl)C1. The van der Waals surface area contributed by atoms with Gasteiger partial charge in [0.1, 0.15) is 18.5 Å². The quantitative estimate of drug-likeness (QED) is 0.908. The van der Waals surface area contributed by atoms with Gasteiger partial charge < -0.3 is 15.2 Å². The molecule has 0 amide bonds. The molecule has 0 bridgehead atoms. The number of nitrogens with two attached hydrogens (primary N) is 1. The van der Waals surface area contributed by atoms with Crippen LogP contribution in [0.1, 0.15) is 32.4 Å². The summed E-state index contributed by atoms with van der Waals surface area (Å²) in [6, 6.07) is 6.20. The summed E-state index contributed by atoms with van der Waals surface area (Å²) >= 11 is 6.24. The van der Waals surface area contributed by atoms with Crippen LogP contribution in [0.5, 0.6) is 5.75 Å². The first-order valence-electron chi connectivity index (χ1n) is 7.51. The Morgan fingerprint density at radius 2 is 2.19 bits per heavy atom. The van der Waals surface area contributed by atoms with Crippen LogP contribution in [0.3, 0.4) is 0 Å². The van der Waals surface area contributed by atoms with E-state index in [-0.39, 0.29) is 12.1 Å². The van der Waals surface area contributed by atoms with Crippen LogP contribution < -0.4 is 10.5 Å². The highest BCUT2D eigenvalue weighted by Crippen LogP contribution is 2.27. The van der Waals surface area contributed by atoms with Crippen LogP contribution in [-0.2, 0) is 4.74 Å². The third-order valence-electron chi connectivity index (χ3n) is 3.81. The maximum absolute atomic E-state index is 6.24. The van der Waals surface area contributed by atoms with E-state index in [0.717, 1.165) is 25.3 Å². The average Bonchev–Trinajstić information content (AvgIpc) is 2.46. The summed E-state index contributed by atoms with van der Waals surface area (Å²) in [5.41, 5.74) is 6.85. The van der Waals surface area contributed by atoms with E-state index in [1.165, 1.54) is 0 Å². The van der Waals surface area contributed by atoms with Gasteiger partial charge in [0.15, 0.2) is 0 Å². The zero-order chi connectivity index (χ0) is 15.4. The molecule has 1 aliphatic heterocycles. The fourth-order valence-corrected chi connectivity index (χ4v) is 2.66. The summed E-state index contributed by atoms with van der Waals surface area (Å²) in [6.07, 6.45) is 0.0883. The number of hydrogen-bond donors (Lipinski definition) is 1. The van der Waals surface area contributed by atoms with Crippen molar-refractivity contribution in [2.45, 2.75) is 39.0 Å².